The van der Waals surface area contributed by atoms with Gasteiger partial charge in [0.1, 0.15) is 5.60 Å². The van der Waals surface area contributed by atoms with Gasteiger partial charge in [0.05, 0.1) is 6.04 Å². The second-order valence-corrected chi connectivity index (χ2v) is 10.6. The minimum Gasteiger partial charge on any atom is -0.444 e. The highest BCUT2D eigenvalue weighted by Gasteiger charge is 2.73. The van der Waals surface area contributed by atoms with Gasteiger partial charge in [0.25, 0.3) is 0 Å². The average Bonchev–Trinajstić information content (AvgIpc) is 2.95. The van der Waals surface area contributed by atoms with Crippen molar-refractivity contribution < 1.29 is 9.53 Å². The minimum absolute atomic E-state index is 0.0533. The molecule has 2 unspecified atom stereocenters. The van der Waals surface area contributed by atoms with Gasteiger partial charge in [0.2, 0.25) is 0 Å². The summed E-state index contributed by atoms with van der Waals surface area (Å²) < 4.78 is 5.78. The Morgan fingerprint density at radius 3 is 1.79 bits per heavy atom. The van der Waals surface area contributed by atoms with E-state index >= 15 is 0 Å². The molecule has 1 aromatic carbocycles. The number of anilines is 1. The van der Waals surface area contributed by atoms with Crippen LogP contribution in [0.15, 0.2) is 0 Å². The van der Waals surface area contributed by atoms with Gasteiger partial charge < -0.3 is 15.4 Å². The van der Waals surface area contributed by atoms with Crippen molar-refractivity contribution in [1.82, 2.24) is 4.90 Å². The third-order valence-electron chi connectivity index (χ3n) is 7.13. The molecule has 0 saturated heterocycles. The molecule has 2 N–H and O–H groups in total. The summed E-state index contributed by atoms with van der Waals surface area (Å²) in [5, 5.41) is 0. The number of benzene rings is 1. The number of amides is 1. The SMILES string of the molecule is Cc1c(C)c(C2(C)C(N(C(=O)OC(C)(C)C)C(C)C)C2(C)C)c(C)c(C)c1N. The van der Waals surface area contributed by atoms with Crippen LogP contribution in [0.2, 0.25) is 0 Å². The minimum atomic E-state index is -0.514. The quantitative estimate of drug-likeness (QED) is 0.664. The van der Waals surface area contributed by atoms with E-state index in [1.54, 1.807) is 0 Å². The summed E-state index contributed by atoms with van der Waals surface area (Å²) in [6, 6.07) is 0.118. The van der Waals surface area contributed by atoms with Crippen molar-refractivity contribution in [3.8, 4) is 0 Å². The van der Waals surface area contributed by atoms with Crippen molar-refractivity contribution in [2.24, 2.45) is 5.41 Å². The molecular weight excluding hydrogens is 348 g/mol. The fourth-order valence-electron chi connectivity index (χ4n) is 5.08. The van der Waals surface area contributed by atoms with E-state index in [-0.39, 0.29) is 29.0 Å². The third kappa shape index (κ3) is 3.19. The summed E-state index contributed by atoms with van der Waals surface area (Å²) in [4.78, 5) is 15.1. The molecule has 1 fully saturated rings. The number of nitrogens with two attached hydrogens (primary N) is 1. The van der Waals surface area contributed by atoms with Crippen LogP contribution in [0, 0.1) is 33.1 Å². The highest BCUT2D eigenvalue weighted by atomic mass is 16.6. The lowest BCUT2D eigenvalue weighted by Crippen LogP contribution is -2.45. The van der Waals surface area contributed by atoms with Gasteiger partial charge in [-0.2, -0.15) is 0 Å². The van der Waals surface area contributed by atoms with E-state index in [2.05, 4.69) is 62.3 Å². The predicted octanol–water partition coefficient (Wildman–Crippen LogP) is 5.81. The third-order valence-corrected chi connectivity index (χ3v) is 7.13. The molecule has 0 spiro atoms. The summed E-state index contributed by atoms with van der Waals surface area (Å²) in [6.45, 7) is 25.2. The molecule has 1 aliphatic rings. The fraction of sp³-hybridized carbons (Fsp3) is 0.708. The van der Waals surface area contributed by atoms with Crippen LogP contribution in [0.4, 0.5) is 10.5 Å². The summed E-state index contributed by atoms with van der Waals surface area (Å²) in [5.74, 6) is 0. The predicted molar refractivity (Wildman–Crippen MR) is 118 cm³/mol. The van der Waals surface area contributed by atoms with Crippen molar-refractivity contribution in [2.45, 2.75) is 106 Å². The Balaban J connectivity index is 2.63. The van der Waals surface area contributed by atoms with Gasteiger partial charge in [0, 0.05) is 17.1 Å². The molecule has 1 saturated carbocycles. The zero-order valence-electron chi connectivity index (χ0n) is 20.0. The van der Waals surface area contributed by atoms with E-state index in [9.17, 15) is 4.79 Å². The molecular formula is C24H40N2O2. The smallest absolute Gasteiger partial charge is 0.410 e. The maximum Gasteiger partial charge on any atom is 0.410 e. The van der Waals surface area contributed by atoms with Crippen molar-refractivity contribution in [3.63, 3.8) is 0 Å². The lowest BCUT2D eigenvalue weighted by molar-refractivity contribution is 0.0136. The number of carbonyl (C=O) groups excluding carboxylic acids is 1. The topological polar surface area (TPSA) is 55.6 Å². The summed E-state index contributed by atoms with van der Waals surface area (Å²) in [7, 11) is 0. The second kappa shape index (κ2) is 6.67. The summed E-state index contributed by atoms with van der Waals surface area (Å²) in [5.41, 5.74) is 12.6. The van der Waals surface area contributed by atoms with Crippen LogP contribution in [0.1, 0.15) is 83.2 Å². The monoisotopic (exact) mass is 388 g/mol. The van der Waals surface area contributed by atoms with Gasteiger partial charge >= 0.3 is 6.09 Å². The van der Waals surface area contributed by atoms with Crippen molar-refractivity contribution in [2.75, 3.05) is 5.73 Å². The van der Waals surface area contributed by atoms with Gasteiger partial charge in [-0.25, -0.2) is 4.79 Å². The lowest BCUT2D eigenvalue weighted by atomic mass is 9.80. The Labute approximate surface area is 171 Å². The summed E-state index contributed by atoms with van der Waals surface area (Å²) in [6.07, 6.45) is -0.233. The zero-order valence-corrected chi connectivity index (χ0v) is 20.0. The Morgan fingerprint density at radius 1 is 1.00 bits per heavy atom. The first-order valence-electron chi connectivity index (χ1n) is 10.4. The molecule has 28 heavy (non-hydrogen) atoms. The zero-order chi connectivity index (χ0) is 22.0. The molecule has 158 valence electrons. The molecule has 0 aliphatic heterocycles. The van der Waals surface area contributed by atoms with E-state index in [4.69, 9.17) is 10.5 Å². The number of hydrogen-bond acceptors (Lipinski definition) is 3. The van der Waals surface area contributed by atoms with Gasteiger partial charge in [-0.05, 0) is 95.5 Å². The highest BCUT2D eigenvalue weighted by Crippen LogP contribution is 2.68. The van der Waals surface area contributed by atoms with Crippen LogP contribution >= 0.6 is 0 Å². The van der Waals surface area contributed by atoms with E-state index in [0.29, 0.717) is 0 Å². The molecule has 4 nitrogen and oxygen atoms in total. The van der Waals surface area contributed by atoms with Crippen molar-refractivity contribution >= 4 is 11.8 Å². The Kier molecular flexibility index (Phi) is 5.38. The van der Waals surface area contributed by atoms with Gasteiger partial charge in [-0.15, -0.1) is 0 Å². The van der Waals surface area contributed by atoms with Crippen LogP contribution in [0.3, 0.4) is 0 Å². The first-order chi connectivity index (χ1) is 12.5. The number of nitrogen functional groups attached to an aromatic ring is 1. The average molecular weight is 389 g/mol. The fourth-order valence-corrected chi connectivity index (χ4v) is 5.08. The molecule has 0 aromatic heterocycles. The largest absolute Gasteiger partial charge is 0.444 e. The number of nitrogens with zero attached hydrogens (tertiary/aromatic N) is 1. The molecule has 1 aliphatic carbocycles. The van der Waals surface area contributed by atoms with Gasteiger partial charge in [0.15, 0.2) is 0 Å². The van der Waals surface area contributed by atoms with Gasteiger partial charge in [-0.3, -0.25) is 0 Å². The second-order valence-electron chi connectivity index (χ2n) is 10.6. The molecule has 0 bridgehead atoms. The van der Waals surface area contributed by atoms with E-state index in [1.807, 2.05) is 25.7 Å². The van der Waals surface area contributed by atoms with E-state index in [0.717, 1.165) is 16.8 Å². The molecule has 1 aromatic rings. The van der Waals surface area contributed by atoms with E-state index in [1.165, 1.54) is 16.7 Å². The summed E-state index contributed by atoms with van der Waals surface area (Å²) >= 11 is 0. The van der Waals surface area contributed by atoms with Crippen LogP contribution in [0.25, 0.3) is 0 Å². The van der Waals surface area contributed by atoms with Crippen LogP contribution in [-0.2, 0) is 10.2 Å². The number of ether oxygens (including phenoxy) is 1. The normalized spacial score (nSPS) is 23.7. The molecule has 2 rings (SSSR count). The van der Waals surface area contributed by atoms with Crippen LogP contribution in [0.5, 0.6) is 0 Å². The van der Waals surface area contributed by atoms with Crippen LogP contribution in [-0.4, -0.2) is 28.7 Å². The molecule has 0 radical (unpaired) electrons. The molecule has 2 atom stereocenters. The molecule has 4 heteroatoms. The number of carbonyl (C=O) groups is 1. The Bertz CT molecular complexity index is 773. The van der Waals surface area contributed by atoms with Crippen molar-refractivity contribution in [3.05, 3.63) is 27.8 Å². The Hall–Kier alpha value is -1.71. The standard InChI is InChI=1S/C24H40N2O2/c1-13(2)26(21(27)28-22(7,8)9)20-23(10,11)24(20,12)18-14(3)16(5)19(25)17(6)15(18)4/h13,20H,25H2,1-12H3. The maximum atomic E-state index is 13.1. The van der Waals surface area contributed by atoms with Crippen molar-refractivity contribution in [1.29, 1.82) is 0 Å². The first-order valence-corrected chi connectivity index (χ1v) is 10.4. The molecule has 0 heterocycles. The highest BCUT2D eigenvalue weighted by molar-refractivity contribution is 5.72. The number of hydrogen-bond donors (Lipinski definition) is 1. The van der Waals surface area contributed by atoms with E-state index < -0.39 is 5.60 Å². The first kappa shape index (κ1) is 22.6. The van der Waals surface area contributed by atoms with Crippen LogP contribution < -0.4 is 5.73 Å². The maximum absolute atomic E-state index is 13.1. The van der Waals surface area contributed by atoms with Gasteiger partial charge in [-0.1, -0.05) is 20.8 Å². The number of rotatable bonds is 3. The molecule has 1 amide bonds. The Morgan fingerprint density at radius 2 is 1.43 bits per heavy atom. The lowest BCUT2D eigenvalue weighted by Gasteiger charge is -2.33.